The summed E-state index contributed by atoms with van der Waals surface area (Å²) in [6.45, 7) is 0.819. The molecule has 2 unspecified atom stereocenters. The molecule has 2 aliphatic rings. The summed E-state index contributed by atoms with van der Waals surface area (Å²) in [4.78, 5) is 37.6. The molecule has 0 aromatic heterocycles. The van der Waals surface area contributed by atoms with Gasteiger partial charge in [0.25, 0.3) is 5.91 Å². The standard InChI is InChI=1S/C15H16N2O3/c18-10-15-12(7-4-8-16-15)13(19)17(14(15)20)9-11-5-2-1-3-6-11/h1-3,5-6,10,12,16H,4,7-9H2. The van der Waals surface area contributed by atoms with Gasteiger partial charge in [-0.05, 0) is 24.9 Å². The maximum absolute atomic E-state index is 12.5. The van der Waals surface area contributed by atoms with E-state index in [0.717, 1.165) is 12.0 Å². The monoisotopic (exact) mass is 272 g/mol. The third kappa shape index (κ3) is 1.78. The molecule has 1 aromatic carbocycles. The summed E-state index contributed by atoms with van der Waals surface area (Å²) < 4.78 is 0. The van der Waals surface area contributed by atoms with E-state index in [9.17, 15) is 14.4 Å². The van der Waals surface area contributed by atoms with Gasteiger partial charge in [-0.1, -0.05) is 30.3 Å². The molecule has 0 saturated carbocycles. The predicted molar refractivity (Wildman–Crippen MR) is 71.5 cm³/mol. The molecule has 0 bridgehead atoms. The fourth-order valence-corrected chi connectivity index (χ4v) is 3.10. The third-order valence-electron chi connectivity index (χ3n) is 4.17. The van der Waals surface area contributed by atoms with Gasteiger partial charge < -0.3 is 4.79 Å². The number of benzene rings is 1. The van der Waals surface area contributed by atoms with Crippen molar-refractivity contribution >= 4 is 18.1 Å². The van der Waals surface area contributed by atoms with Gasteiger partial charge in [0, 0.05) is 0 Å². The van der Waals surface area contributed by atoms with Gasteiger partial charge in [-0.25, -0.2) is 0 Å². The van der Waals surface area contributed by atoms with Crippen LogP contribution in [0.1, 0.15) is 18.4 Å². The summed E-state index contributed by atoms with van der Waals surface area (Å²) in [5.74, 6) is -1.20. The normalized spacial score (nSPS) is 29.4. The molecule has 3 rings (SSSR count). The summed E-state index contributed by atoms with van der Waals surface area (Å²) in [5, 5.41) is 2.96. The number of likely N-dealkylation sites (tertiary alicyclic amines) is 1. The van der Waals surface area contributed by atoms with Crippen molar-refractivity contribution in [1.82, 2.24) is 10.2 Å². The van der Waals surface area contributed by atoms with E-state index < -0.39 is 17.4 Å². The zero-order valence-electron chi connectivity index (χ0n) is 11.0. The van der Waals surface area contributed by atoms with Crippen LogP contribution in [0.5, 0.6) is 0 Å². The van der Waals surface area contributed by atoms with E-state index >= 15 is 0 Å². The lowest BCUT2D eigenvalue weighted by molar-refractivity contribution is -0.141. The number of carbonyl (C=O) groups excluding carboxylic acids is 3. The number of nitrogens with one attached hydrogen (secondary N) is 1. The lowest BCUT2D eigenvalue weighted by atomic mass is 9.81. The van der Waals surface area contributed by atoms with E-state index in [1.54, 1.807) is 0 Å². The summed E-state index contributed by atoms with van der Waals surface area (Å²) in [6.07, 6.45) is 2.00. The maximum atomic E-state index is 12.5. The average molecular weight is 272 g/mol. The van der Waals surface area contributed by atoms with Crippen LogP contribution in [-0.4, -0.2) is 35.1 Å². The van der Waals surface area contributed by atoms with Crippen LogP contribution < -0.4 is 5.32 Å². The van der Waals surface area contributed by atoms with Gasteiger partial charge in [0.15, 0.2) is 11.8 Å². The number of carbonyl (C=O) groups is 3. The van der Waals surface area contributed by atoms with Crippen LogP contribution in [0.2, 0.25) is 0 Å². The molecule has 2 fully saturated rings. The van der Waals surface area contributed by atoms with Gasteiger partial charge in [-0.2, -0.15) is 0 Å². The van der Waals surface area contributed by atoms with Crippen molar-refractivity contribution in [3.8, 4) is 0 Å². The van der Waals surface area contributed by atoms with E-state index in [1.165, 1.54) is 4.90 Å². The Morgan fingerprint density at radius 2 is 2.05 bits per heavy atom. The SMILES string of the molecule is O=CC12NCCCC1C(=O)N(Cc1ccccc1)C2=O. The second-order valence-corrected chi connectivity index (χ2v) is 5.32. The molecule has 1 aromatic rings. The van der Waals surface area contributed by atoms with Crippen molar-refractivity contribution in [3.05, 3.63) is 35.9 Å². The molecule has 1 N–H and O–H groups in total. The van der Waals surface area contributed by atoms with Crippen LogP contribution >= 0.6 is 0 Å². The first-order valence-electron chi connectivity index (χ1n) is 6.80. The Kier molecular flexibility index (Phi) is 3.14. The van der Waals surface area contributed by atoms with Crippen LogP contribution in [0, 0.1) is 5.92 Å². The minimum Gasteiger partial charge on any atom is -0.301 e. The van der Waals surface area contributed by atoms with Crippen molar-refractivity contribution < 1.29 is 14.4 Å². The van der Waals surface area contributed by atoms with Crippen LogP contribution in [0.15, 0.2) is 30.3 Å². The largest absolute Gasteiger partial charge is 0.301 e. The Balaban J connectivity index is 1.91. The van der Waals surface area contributed by atoms with Crippen molar-refractivity contribution in [1.29, 1.82) is 0 Å². The van der Waals surface area contributed by atoms with Gasteiger partial charge >= 0.3 is 0 Å². The first-order chi connectivity index (χ1) is 9.69. The van der Waals surface area contributed by atoms with E-state index in [0.29, 0.717) is 19.3 Å². The van der Waals surface area contributed by atoms with Crippen molar-refractivity contribution in [3.63, 3.8) is 0 Å². The van der Waals surface area contributed by atoms with Gasteiger partial charge in [0.2, 0.25) is 5.91 Å². The highest BCUT2D eigenvalue weighted by Gasteiger charge is 2.60. The molecule has 5 heteroatoms. The number of hydrogen-bond donors (Lipinski definition) is 1. The van der Waals surface area contributed by atoms with Gasteiger partial charge in [-0.15, -0.1) is 0 Å². The highest BCUT2D eigenvalue weighted by Crippen LogP contribution is 2.35. The zero-order chi connectivity index (χ0) is 14.2. The van der Waals surface area contributed by atoms with E-state index in [2.05, 4.69) is 5.32 Å². The molecule has 20 heavy (non-hydrogen) atoms. The highest BCUT2D eigenvalue weighted by molar-refractivity contribution is 6.18. The Hall–Kier alpha value is -2.01. The fourth-order valence-electron chi connectivity index (χ4n) is 3.10. The molecule has 5 nitrogen and oxygen atoms in total. The number of amides is 2. The van der Waals surface area contributed by atoms with E-state index in [-0.39, 0.29) is 12.5 Å². The number of nitrogens with zero attached hydrogens (tertiary/aromatic N) is 1. The first-order valence-corrected chi connectivity index (χ1v) is 6.80. The van der Waals surface area contributed by atoms with Gasteiger partial charge in [-0.3, -0.25) is 19.8 Å². The van der Waals surface area contributed by atoms with E-state index in [1.807, 2.05) is 30.3 Å². The molecular weight excluding hydrogens is 256 g/mol. The second-order valence-electron chi connectivity index (χ2n) is 5.32. The number of aldehydes is 1. The number of imide groups is 1. The quantitative estimate of drug-likeness (QED) is 0.494. The smallest absolute Gasteiger partial charge is 0.258 e. The molecule has 0 radical (unpaired) electrons. The number of piperidine rings is 1. The topological polar surface area (TPSA) is 66.5 Å². The first kappa shape index (κ1) is 13.0. The minimum atomic E-state index is -1.33. The predicted octanol–water partition coefficient (Wildman–Crippen LogP) is 0.493. The minimum absolute atomic E-state index is 0.228. The highest BCUT2D eigenvalue weighted by atomic mass is 16.2. The van der Waals surface area contributed by atoms with Crippen LogP contribution in [-0.2, 0) is 20.9 Å². The van der Waals surface area contributed by atoms with Crippen LogP contribution in [0.4, 0.5) is 0 Å². The van der Waals surface area contributed by atoms with Gasteiger partial charge in [0.05, 0.1) is 12.5 Å². The molecule has 2 saturated heterocycles. The summed E-state index contributed by atoms with van der Waals surface area (Å²) in [5.41, 5.74) is -0.446. The van der Waals surface area contributed by atoms with Crippen LogP contribution in [0.25, 0.3) is 0 Å². The number of hydrogen-bond acceptors (Lipinski definition) is 4. The average Bonchev–Trinajstić information content (AvgIpc) is 2.71. The molecule has 104 valence electrons. The molecular formula is C15H16N2O3. The van der Waals surface area contributed by atoms with Crippen molar-refractivity contribution in [2.45, 2.75) is 24.9 Å². The maximum Gasteiger partial charge on any atom is 0.258 e. The van der Waals surface area contributed by atoms with Crippen molar-refractivity contribution in [2.24, 2.45) is 5.92 Å². The molecule has 2 heterocycles. The Morgan fingerprint density at radius 3 is 2.70 bits per heavy atom. The fraction of sp³-hybridized carbons (Fsp3) is 0.400. The molecule has 2 aliphatic heterocycles. The van der Waals surface area contributed by atoms with E-state index in [4.69, 9.17) is 0 Å². The Labute approximate surface area is 116 Å². The molecule has 2 amide bonds. The lowest BCUT2D eigenvalue weighted by Gasteiger charge is -2.31. The summed E-state index contributed by atoms with van der Waals surface area (Å²) in [6, 6.07) is 9.33. The Morgan fingerprint density at radius 1 is 1.30 bits per heavy atom. The Bertz CT molecular complexity index is 557. The molecule has 0 spiro atoms. The third-order valence-corrected chi connectivity index (χ3v) is 4.17. The van der Waals surface area contributed by atoms with Gasteiger partial charge in [0.1, 0.15) is 0 Å². The summed E-state index contributed by atoms with van der Waals surface area (Å²) in [7, 11) is 0. The summed E-state index contributed by atoms with van der Waals surface area (Å²) >= 11 is 0. The van der Waals surface area contributed by atoms with Crippen molar-refractivity contribution in [2.75, 3.05) is 6.54 Å². The zero-order valence-corrected chi connectivity index (χ0v) is 11.0. The number of rotatable bonds is 3. The second kappa shape index (κ2) is 4.83. The molecule has 2 atom stereocenters. The lowest BCUT2D eigenvalue weighted by Crippen LogP contribution is -2.59. The van der Waals surface area contributed by atoms with Crippen LogP contribution in [0.3, 0.4) is 0 Å². The molecule has 0 aliphatic carbocycles. The number of fused-ring (bicyclic) bond motifs is 1.